The Kier molecular flexibility index (Phi) is 6.81. The molecule has 21 heavy (non-hydrogen) atoms. The molecule has 1 heterocycles. The number of nitrogens with one attached hydrogen (secondary N) is 1. The predicted molar refractivity (Wildman–Crippen MR) is 87.0 cm³/mol. The van der Waals surface area contributed by atoms with E-state index in [0.29, 0.717) is 16.9 Å². The second-order valence-corrected chi connectivity index (χ2v) is 6.56. The van der Waals surface area contributed by atoms with Crippen LogP contribution in [0.4, 0.5) is 0 Å². The van der Waals surface area contributed by atoms with Crippen molar-refractivity contribution in [3.63, 3.8) is 0 Å². The highest BCUT2D eigenvalue weighted by atomic mass is 35.5. The van der Waals surface area contributed by atoms with Crippen LogP contribution in [0.5, 0.6) is 5.75 Å². The lowest BCUT2D eigenvalue weighted by Gasteiger charge is -2.22. The van der Waals surface area contributed by atoms with Gasteiger partial charge in [0.2, 0.25) is 0 Å². The van der Waals surface area contributed by atoms with E-state index in [1.165, 1.54) is 5.56 Å². The van der Waals surface area contributed by atoms with Crippen molar-refractivity contribution in [2.75, 3.05) is 26.4 Å². The van der Waals surface area contributed by atoms with E-state index in [2.05, 4.69) is 25.2 Å². The van der Waals surface area contributed by atoms with Gasteiger partial charge in [-0.2, -0.15) is 0 Å². The zero-order chi connectivity index (χ0) is 15.1. The molecule has 0 amide bonds. The molecular weight excluding hydrogens is 286 g/mol. The fourth-order valence-corrected chi connectivity index (χ4v) is 2.65. The van der Waals surface area contributed by atoms with Crippen LogP contribution in [-0.2, 0) is 11.3 Å². The summed E-state index contributed by atoms with van der Waals surface area (Å²) >= 11 is 6.31. The van der Waals surface area contributed by atoms with Crippen molar-refractivity contribution in [3.05, 3.63) is 28.8 Å². The van der Waals surface area contributed by atoms with E-state index in [-0.39, 0.29) is 0 Å². The SMILES string of the molecule is CC(C)CNCc1ccc(OCC2CCOCC2)c(Cl)c1. The number of hydrogen-bond donors (Lipinski definition) is 1. The molecule has 1 aromatic rings. The first-order valence-corrected chi connectivity index (χ1v) is 8.22. The molecule has 0 aromatic heterocycles. The lowest BCUT2D eigenvalue weighted by Crippen LogP contribution is -2.21. The Morgan fingerprint density at radius 1 is 1.33 bits per heavy atom. The maximum absolute atomic E-state index is 6.31. The highest BCUT2D eigenvalue weighted by Crippen LogP contribution is 2.27. The molecule has 1 aromatic carbocycles. The number of halogens is 1. The highest BCUT2D eigenvalue weighted by molar-refractivity contribution is 6.32. The summed E-state index contributed by atoms with van der Waals surface area (Å²) in [4.78, 5) is 0. The summed E-state index contributed by atoms with van der Waals surface area (Å²) in [6, 6.07) is 6.06. The minimum absolute atomic E-state index is 0.585. The summed E-state index contributed by atoms with van der Waals surface area (Å²) in [7, 11) is 0. The molecule has 0 spiro atoms. The molecule has 4 heteroatoms. The molecule has 0 saturated carbocycles. The van der Waals surface area contributed by atoms with E-state index in [1.807, 2.05) is 12.1 Å². The van der Waals surface area contributed by atoms with Gasteiger partial charge in [-0.15, -0.1) is 0 Å². The summed E-state index contributed by atoms with van der Waals surface area (Å²) in [6.07, 6.45) is 2.16. The molecule has 1 N–H and O–H groups in total. The Morgan fingerprint density at radius 3 is 2.76 bits per heavy atom. The Bertz CT molecular complexity index is 431. The van der Waals surface area contributed by atoms with Gasteiger partial charge < -0.3 is 14.8 Å². The van der Waals surface area contributed by atoms with Crippen molar-refractivity contribution in [2.45, 2.75) is 33.2 Å². The first-order chi connectivity index (χ1) is 10.1. The van der Waals surface area contributed by atoms with Gasteiger partial charge in [-0.05, 0) is 48.9 Å². The molecule has 0 bridgehead atoms. The third-order valence-corrected chi connectivity index (χ3v) is 3.99. The lowest BCUT2D eigenvalue weighted by molar-refractivity contribution is 0.0498. The number of rotatable bonds is 7. The van der Waals surface area contributed by atoms with Gasteiger partial charge in [-0.3, -0.25) is 0 Å². The van der Waals surface area contributed by atoms with Crippen molar-refractivity contribution in [3.8, 4) is 5.75 Å². The topological polar surface area (TPSA) is 30.5 Å². The van der Waals surface area contributed by atoms with Crippen LogP contribution in [-0.4, -0.2) is 26.4 Å². The van der Waals surface area contributed by atoms with Crippen molar-refractivity contribution >= 4 is 11.6 Å². The van der Waals surface area contributed by atoms with Crippen molar-refractivity contribution in [1.82, 2.24) is 5.32 Å². The molecule has 0 atom stereocenters. The minimum Gasteiger partial charge on any atom is -0.492 e. The first-order valence-electron chi connectivity index (χ1n) is 7.85. The van der Waals surface area contributed by atoms with Crippen LogP contribution >= 0.6 is 11.6 Å². The van der Waals surface area contributed by atoms with Crippen LogP contribution in [0.15, 0.2) is 18.2 Å². The van der Waals surface area contributed by atoms with Gasteiger partial charge in [0.25, 0.3) is 0 Å². The standard InChI is InChI=1S/C17H26ClNO2/c1-13(2)10-19-11-15-3-4-17(16(18)9-15)21-12-14-5-7-20-8-6-14/h3-4,9,13-14,19H,5-8,10-12H2,1-2H3. The quantitative estimate of drug-likeness (QED) is 0.828. The van der Waals surface area contributed by atoms with Gasteiger partial charge in [0.15, 0.2) is 0 Å². The van der Waals surface area contributed by atoms with E-state index in [0.717, 1.165) is 51.5 Å². The van der Waals surface area contributed by atoms with E-state index in [4.69, 9.17) is 21.1 Å². The third kappa shape index (κ3) is 5.85. The summed E-state index contributed by atoms with van der Waals surface area (Å²) in [6.45, 7) is 8.69. The summed E-state index contributed by atoms with van der Waals surface area (Å²) in [5, 5.41) is 4.12. The molecule has 0 aliphatic carbocycles. The second-order valence-electron chi connectivity index (χ2n) is 6.16. The van der Waals surface area contributed by atoms with Gasteiger partial charge in [0, 0.05) is 19.8 Å². The Labute approximate surface area is 133 Å². The minimum atomic E-state index is 0.585. The van der Waals surface area contributed by atoms with Gasteiger partial charge in [0.1, 0.15) is 5.75 Å². The van der Waals surface area contributed by atoms with E-state index in [9.17, 15) is 0 Å². The summed E-state index contributed by atoms with van der Waals surface area (Å²) < 4.78 is 11.2. The number of hydrogen-bond acceptors (Lipinski definition) is 3. The maximum Gasteiger partial charge on any atom is 0.137 e. The molecule has 1 fully saturated rings. The second kappa shape index (κ2) is 8.62. The molecule has 2 rings (SSSR count). The number of benzene rings is 1. The van der Waals surface area contributed by atoms with Gasteiger partial charge in [-0.25, -0.2) is 0 Å². The van der Waals surface area contributed by atoms with Gasteiger partial charge in [0.05, 0.1) is 11.6 Å². The molecule has 1 aliphatic heterocycles. The van der Waals surface area contributed by atoms with Crippen LogP contribution in [0.2, 0.25) is 5.02 Å². The third-order valence-electron chi connectivity index (χ3n) is 3.69. The average molecular weight is 312 g/mol. The highest BCUT2D eigenvalue weighted by Gasteiger charge is 2.15. The van der Waals surface area contributed by atoms with Gasteiger partial charge >= 0.3 is 0 Å². The normalized spacial score (nSPS) is 16.4. The van der Waals surface area contributed by atoms with Crippen LogP contribution in [0.3, 0.4) is 0 Å². The van der Waals surface area contributed by atoms with Crippen LogP contribution < -0.4 is 10.1 Å². The average Bonchev–Trinajstić information content (AvgIpc) is 2.47. The Morgan fingerprint density at radius 2 is 2.10 bits per heavy atom. The molecule has 1 saturated heterocycles. The van der Waals surface area contributed by atoms with Crippen LogP contribution in [0.25, 0.3) is 0 Å². The zero-order valence-corrected chi connectivity index (χ0v) is 13.8. The molecule has 1 aliphatic rings. The molecule has 0 unspecified atom stereocenters. The molecular formula is C17H26ClNO2. The Balaban J connectivity index is 1.80. The van der Waals surface area contributed by atoms with Gasteiger partial charge in [-0.1, -0.05) is 31.5 Å². The predicted octanol–water partition coefficient (Wildman–Crippen LogP) is 3.89. The maximum atomic E-state index is 6.31. The van der Waals surface area contributed by atoms with E-state index >= 15 is 0 Å². The Hall–Kier alpha value is -0.770. The smallest absolute Gasteiger partial charge is 0.137 e. The fourth-order valence-electron chi connectivity index (χ4n) is 2.40. The van der Waals surface area contributed by atoms with E-state index in [1.54, 1.807) is 0 Å². The molecule has 0 radical (unpaired) electrons. The lowest BCUT2D eigenvalue weighted by atomic mass is 10.0. The monoisotopic (exact) mass is 311 g/mol. The van der Waals surface area contributed by atoms with E-state index < -0.39 is 0 Å². The van der Waals surface area contributed by atoms with Crippen molar-refractivity contribution < 1.29 is 9.47 Å². The largest absolute Gasteiger partial charge is 0.492 e. The summed E-state index contributed by atoms with van der Waals surface area (Å²) in [5.74, 6) is 2.03. The van der Waals surface area contributed by atoms with Crippen LogP contribution in [0.1, 0.15) is 32.3 Å². The van der Waals surface area contributed by atoms with Crippen molar-refractivity contribution in [1.29, 1.82) is 0 Å². The fraction of sp³-hybridized carbons (Fsp3) is 0.647. The molecule has 118 valence electrons. The summed E-state index contributed by atoms with van der Waals surface area (Å²) in [5.41, 5.74) is 1.19. The molecule has 3 nitrogen and oxygen atoms in total. The van der Waals surface area contributed by atoms with Crippen molar-refractivity contribution in [2.24, 2.45) is 11.8 Å². The zero-order valence-electron chi connectivity index (χ0n) is 13.0. The first kappa shape index (κ1) is 16.6. The van der Waals surface area contributed by atoms with Crippen LogP contribution in [0, 0.1) is 11.8 Å². The number of ether oxygens (including phenoxy) is 2.